The van der Waals surface area contributed by atoms with Crippen molar-refractivity contribution in [3.63, 3.8) is 0 Å². The topological polar surface area (TPSA) is 89.3 Å². The first-order valence-corrected chi connectivity index (χ1v) is 6.62. The van der Waals surface area contributed by atoms with Crippen molar-refractivity contribution in [2.75, 3.05) is 12.8 Å². The Balaban J connectivity index is 2.78. The summed E-state index contributed by atoms with van der Waals surface area (Å²) in [6.45, 7) is 0.537. The summed E-state index contributed by atoms with van der Waals surface area (Å²) in [7, 11) is -3.51. The zero-order valence-electron chi connectivity index (χ0n) is 8.93. The van der Waals surface area contributed by atoms with Crippen molar-refractivity contribution in [2.45, 2.75) is 6.42 Å². The summed E-state index contributed by atoms with van der Waals surface area (Å²) in [5.74, 6) is -0.623. The maximum atomic E-state index is 11.4. The molecule has 0 spiro atoms. The molecule has 0 aliphatic rings. The largest absolute Gasteiger partial charge is 0.330 e. The third-order valence-corrected chi connectivity index (χ3v) is 2.48. The molecule has 0 atom stereocenters. The standard InChI is InChI=1S/C10H14N2O3S/c1-16(14,15)12-10(13)9-4-2-8(3-5-9)6-7-11/h2-5H,6-7,11H2,1H3,(H,12,13). The van der Waals surface area contributed by atoms with Crippen molar-refractivity contribution in [3.8, 4) is 0 Å². The minimum atomic E-state index is -3.51. The zero-order chi connectivity index (χ0) is 12.2. The average Bonchev–Trinajstić information content (AvgIpc) is 2.16. The molecule has 3 N–H and O–H groups in total. The first-order chi connectivity index (χ1) is 7.42. The van der Waals surface area contributed by atoms with Gasteiger partial charge in [0.05, 0.1) is 6.26 Å². The Morgan fingerprint density at radius 1 is 1.31 bits per heavy atom. The lowest BCUT2D eigenvalue weighted by molar-refractivity contribution is 0.0981. The van der Waals surface area contributed by atoms with Gasteiger partial charge in [-0.25, -0.2) is 13.1 Å². The Morgan fingerprint density at radius 3 is 2.31 bits per heavy atom. The van der Waals surface area contributed by atoms with Gasteiger partial charge in [-0.1, -0.05) is 12.1 Å². The Kier molecular flexibility index (Phi) is 4.03. The smallest absolute Gasteiger partial charge is 0.264 e. The van der Waals surface area contributed by atoms with Crippen LogP contribution in [0.5, 0.6) is 0 Å². The van der Waals surface area contributed by atoms with Crippen molar-refractivity contribution in [3.05, 3.63) is 35.4 Å². The second-order valence-electron chi connectivity index (χ2n) is 3.44. The number of amides is 1. The summed E-state index contributed by atoms with van der Waals surface area (Å²) in [5.41, 5.74) is 6.71. The molecule has 1 amide bonds. The van der Waals surface area contributed by atoms with Crippen LogP contribution in [0.25, 0.3) is 0 Å². The molecule has 1 rings (SSSR count). The third kappa shape index (κ3) is 4.00. The van der Waals surface area contributed by atoms with Crippen molar-refractivity contribution in [2.24, 2.45) is 5.73 Å². The first kappa shape index (κ1) is 12.7. The van der Waals surface area contributed by atoms with Crippen LogP contribution in [0.2, 0.25) is 0 Å². The van der Waals surface area contributed by atoms with Gasteiger partial charge in [0.15, 0.2) is 0 Å². The molecule has 0 saturated carbocycles. The fraction of sp³-hybridized carbons (Fsp3) is 0.300. The normalized spacial score (nSPS) is 11.1. The average molecular weight is 242 g/mol. The van der Waals surface area contributed by atoms with Crippen LogP contribution in [0.3, 0.4) is 0 Å². The van der Waals surface area contributed by atoms with Gasteiger partial charge in [-0.15, -0.1) is 0 Å². The number of hydrogen-bond acceptors (Lipinski definition) is 4. The Bertz CT molecular complexity index is 465. The second kappa shape index (κ2) is 5.09. The van der Waals surface area contributed by atoms with Crippen molar-refractivity contribution in [1.29, 1.82) is 0 Å². The van der Waals surface area contributed by atoms with E-state index in [-0.39, 0.29) is 0 Å². The molecule has 1 aromatic rings. The van der Waals surface area contributed by atoms with Crippen molar-refractivity contribution < 1.29 is 13.2 Å². The fourth-order valence-electron chi connectivity index (χ4n) is 1.22. The number of sulfonamides is 1. The van der Waals surface area contributed by atoms with Crippen molar-refractivity contribution >= 4 is 15.9 Å². The zero-order valence-corrected chi connectivity index (χ0v) is 9.75. The Labute approximate surface area is 94.7 Å². The van der Waals surface area contributed by atoms with Gasteiger partial charge in [-0.3, -0.25) is 4.79 Å². The summed E-state index contributed by atoms with van der Waals surface area (Å²) in [6.07, 6.45) is 1.67. The van der Waals surface area contributed by atoms with Crippen LogP contribution in [-0.2, 0) is 16.4 Å². The molecule has 0 aliphatic heterocycles. The summed E-state index contributed by atoms with van der Waals surface area (Å²) >= 11 is 0. The minimum absolute atomic E-state index is 0.311. The van der Waals surface area contributed by atoms with Gasteiger partial charge in [-0.2, -0.15) is 0 Å². The quantitative estimate of drug-likeness (QED) is 0.770. The van der Waals surface area contributed by atoms with Crippen LogP contribution in [0.15, 0.2) is 24.3 Å². The molecule has 0 aliphatic carbocycles. The minimum Gasteiger partial charge on any atom is -0.330 e. The van der Waals surface area contributed by atoms with E-state index >= 15 is 0 Å². The van der Waals surface area contributed by atoms with E-state index in [1.807, 2.05) is 4.72 Å². The molecule has 88 valence electrons. The first-order valence-electron chi connectivity index (χ1n) is 4.73. The number of nitrogens with one attached hydrogen (secondary N) is 1. The number of hydrogen-bond donors (Lipinski definition) is 2. The number of benzene rings is 1. The van der Waals surface area contributed by atoms with Crippen LogP contribution in [0.1, 0.15) is 15.9 Å². The molecule has 1 aromatic carbocycles. The third-order valence-electron chi connectivity index (χ3n) is 1.93. The van der Waals surface area contributed by atoms with E-state index in [1.54, 1.807) is 24.3 Å². The van der Waals surface area contributed by atoms with Crippen molar-refractivity contribution in [1.82, 2.24) is 4.72 Å². The molecule has 0 aromatic heterocycles. The van der Waals surface area contributed by atoms with Crippen LogP contribution >= 0.6 is 0 Å². The van der Waals surface area contributed by atoms with Gasteiger partial charge in [-0.05, 0) is 30.7 Å². The molecule has 16 heavy (non-hydrogen) atoms. The predicted molar refractivity (Wildman–Crippen MR) is 61.5 cm³/mol. The maximum absolute atomic E-state index is 11.4. The number of carbonyl (C=O) groups is 1. The summed E-state index contributed by atoms with van der Waals surface area (Å²) < 4.78 is 23.6. The lowest BCUT2D eigenvalue weighted by Gasteiger charge is -2.03. The van der Waals surface area contributed by atoms with Crippen LogP contribution < -0.4 is 10.5 Å². The van der Waals surface area contributed by atoms with Gasteiger partial charge < -0.3 is 5.73 Å². The fourth-order valence-corrected chi connectivity index (χ4v) is 1.67. The molecule has 0 saturated heterocycles. The summed E-state index contributed by atoms with van der Waals surface area (Å²) in [5, 5.41) is 0. The summed E-state index contributed by atoms with van der Waals surface area (Å²) in [6, 6.07) is 6.66. The van der Waals surface area contributed by atoms with Crippen LogP contribution in [-0.4, -0.2) is 27.1 Å². The van der Waals surface area contributed by atoms with E-state index in [2.05, 4.69) is 0 Å². The monoisotopic (exact) mass is 242 g/mol. The van der Waals surface area contributed by atoms with Gasteiger partial charge in [0.2, 0.25) is 10.0 Å². The van der Waals surface area contributed by atoms with E-state index in [9.17, 15) is 13.2 Å². The Hall–Kier alpha value is -1.40. The van der Waals surface area contributed by atoms with E-state index < -0.39 is 15.9 Å². The van der Waals surface area contributed by atoms with Gasteiger partial charge in [0, 0.05) is 5.56 Å². The summed E-state index contributed by atoms with van der Waals surface area (Å²) in [4.78, 5) is 11.4. The van der Waals surface area contributed by atoms with Gasteiger partial charge >= 0.3 is 0 Å². The highest BCUT2D eigenvalue weighted by atomic mass is 32.2. The van der Waals surface area contributed by atoms with Crippen LogP contribution in [0.4, 0.5) is 0 Å². The highest BCUT2D eigenvalue weighted by Crippen LogP contribution is 2.05. The van der Waals surface area contributed by atoms with Crippen LogP contribution in [0, 0.1) is 0 Å². The van der Waals surface area contributed by atoms with Gasteiger partial charge in [0.1, 0.15) is 0 Å². The lowest BCUT2D eigenvalue weighted by Crippen LogP contribution is -2.29. The Morgan fingerprint density at radius 2 is 1.88 bits per heavy atom. The highest BCUT2D eigenvalue weighted by Gasteiger charge is 2.10. The number of nitrogens with two attached hydrogens (primary N) is 1. The molecule has 0 radical (unpaired) electrons. The molecule has 0 bridgehead atoms. The molecule has 0 fully saturated rings. The van der Waals surface area contributed by atoms with E-state index in [4.69, 9.17) is 5.73 Å². The molecule has 5 nitrogen and oxygen atoms in total. The van der Waals surface area contributed by atoms with E-state index in [0.29, 0.717) is 12.1 Å². The van der Waals surface area contributed by atoms with Gasteiger partial charge in [0.25, 0.3) is 5.91 Å². The molecule has 0 heterocycles. The second-order valence-corrected chi connectivity index (χ2v) is 5.19. The molecule has 6 heteroatoms. The van der Waals surface area contributed by atoms with E-state index in [0.717, 1.165) is 18.2 Å². The highest BCUT2D eigenvalue weighted by molar-refractivity contribution is 7.89. The molecular formula is C10H14N2O3S. The van der Waals surface area contributed by atoms with E-state index in [1.165, 1.54) is 0 Å². The SMILES string of the molecule is CS(=O)(=O)NC(=O)c1ccc(CCN)cc1. The predicted octanol–water partition coefficient (Wildman–Crippen LogP) is -0.123. The lowest BCUT2D eigenvalue weighted by atomic mass is 10.1. The molecular weight excluding hydrogens is 228 g/mol. The number of rotatable bonds is 4. The maximum Gasteiger partial charge on any atom is 0.264 e. The number of carbonyl (C=O) groups excluding carboxylic acids is 1. The molecule has 0 unspecified atom stereocenters.